The maximum absolute atomic E-state index is 9.46. The van der Waals surface area contributed by atoms with Crippen molar-refractivity contribution in [3.05, 3.63) is 48.5 Å². The number of hydrogen-bond donors (Lipinski definition) is 2. The monoisotopic (exact) mass is 318 g/mol. The van der Waals surface area contributed by atoms with Crippen molar-refractivity contribution in [2.45, 2.75) is 24.4 Å². The first-order valence-corrected chi connectivity index (χ1v) is 11.8. The molecule has 2 rings (SSSR count). The quantitative estimate of drug-likeness (QED) is 0.851. The van der Waals surface area contributed by atoms with E-state index in [1.807, 2.05) is 0 Å². The first-order chi connectivity index (χ1) is 9.12. The van der Waals surface area contributed by atoms with Gasteiger partial charge in [-0.25, -0.2) is 0 Å². The summed E-state index contributed by atoms with van der Waals surface area (Å²) in [6, 6.07) is 15.4. The first kappa shape index (κ1) is 14.0. The van der Waals surface area contributed by atoms with Gasteiger partial charge in [0.15, 0.2) is 0 Å². The number of benzene rings is 2. The standard InChI is InChI=1S/C16H20GeO2/c1-3-17(4-2,13-5-9-15(18)10-6-13)14-7-11-16(19)12-8-14/h5-12,18-19H,3-4H2,1-2H3. The van der Waals surface area contributed by atoms with Crippen molar-refractivity contribution in [3.8, 4) is 11.5 Å². The summed E-state index contributed by atoms with van der Waals surface area (Å²) < 4.78 is 2.77. The van der Waals surface area contributed by atoms with E-state index in [9.17, 15) is 10.2 Å². The zero-order chi connectivity index (χ0) is 13.9. The van der Waals surface area contributed by atoms with Crippen LogP contribution in [0.5, 0.6) is 11.5 Å². The molecule has 2 nitrogen and oxygen atoms in total. The molecule has 0 heterocycles. The third-order valence-electron chi connectivity index (χ3n) is 4.05. The molecule has 100 valence electrons. The molecule has 0 aliphatic carbocycles. The molecule has 0 fully saturated rings. The molecule has 0 saturated carbocycles. The van der Waals surface area contributed by atoms with Gasteiger partial charge in [0.2, 0.25) is 0 Å². The molecule has 0 aromatic heterocycles. The Hall–Kier alpha value is -1.42. The van der Waals surface area contributed by atoms with E-state index < -0.39 is 13.3 Å². The van der Waals surface area contributed by atoms with Gasteiger partial charge < -0.3 is 0 Å². The zero-order valence-corrected chi connectivity index (χ0v) is 13.5. The Bertz CT molecular complexity index is 480. The van der Waals surface area contributed by atoms with E-state index in [4.69, 9.17) is 0 Å². The van der Waals surface area contributed by atoms with Crippen LogP contribution in [0.4, 0.5) is 0 Å². The Morgan fingerprint density at radius 1 is 0.684 bits per heavy atom. The molecule has 2 aromatic rings. The zero-order valence-electron chi connectivity index (χ0n) is 11.4. The van der Waals surface area contributed by atoms with Crippen LogP contribution >= 0.6 is 0 Å². The topological polar surface area (TPSA) is 40.5 Å². The summed E-state index contributed by atoms with van der Waals surface area (Å²) in [6.45, 7) is 4.51. The third kappa shape index (κ3) is 2.64. The molecule has 0 saturated heterocycles. The Morgan fingerprint density at radius 3 is 1.26 bits per heavy atom. The van der Waals surface area contributed by atoms with Crippen LogP contribution in [0, 0.1) is 0 Å². The third-order valence-corrected chi connectivity index (χ3v) is 15.1. The number of hydrogen-bond acceptors (Lipinski definition) is 2. The Kier molecular flexibility index (Phi) is 4.20. The summed E-state index contributed by atoms with van der Waals surface area (Å²) >= 11 is -2.36. The maximum atomic E-state index is 9.46. The van der Waals surface area contributed by atoms with Gasteiger partial charge in [-0.05, 0) is 0 Å². The van der Waals surface area contributed by atoms with Gasteiger partial charge in [-0.3, -0.25) is 0 Å². The van der Waals surface area contributed by atoms with E-state index in [1.165, 1.54) is 8.79 Å². The van der Waals surface area contributed by atoms with Gasteiger partial charge in [0, 0.05) is 0 Å². The molecule has 3 heteroatoms. The van der Waals surface area contributed by atoms with Crippen LogP contribution in [-0.2, 0) is 0 Å². The average Bonchev–Trinajstić information content (AvgIpc) is 2.44. The molecule has 0 atom stereocenters. The summed E-state index contributed by atoms with van der Waals surface area (Å²) in [4.78, 5) is 0. The SMILES string of the molecule is C[CH2][Ge]([CH2]C)([c]1ccc(O)cc1)[c]1ccc(O)cc1. The fourth-order valence-corrected chi connectivity index (χ4v) is 11.3. The molecule has 0 bridgehead atoms. The van der Waals surface area contributed by atoms with E-state index in [0.717, 1.165) is 10.5 Å². The molecule has 2 N–H and O–H groups in total. The molecule has 0 radical (unpaired) electrons. The molecule has 19 heavy (non-hydrogen) atoms. The van der Waals surface area contributed by atoms with E-state index >= 15 is 0 Å². The summed E-state index contributed by atoms with van der Waals surface area (Å²) in [5, 5.41) is 21.2. The fourth-order valence-electron chi connectivity index (χ4n) is 2.79. The van der Waals surface area contributed by atoms with Crippen LogP contribution < -0.4 is 8.79 Å². The first-order valence-electron chi connectivity index (χ1n) is 6.71. The van der Waals surface area contributed by atoms with Crippen molar-refractivity contribution in [2.24, 2.45) is 0 Å². The van der Waals surface area contributed by atoms with Crippen LogP contribution in [0.1, 0.15) is 13.8 Å². The summed E-state index contributed by atoms with van der Waals surface area (Å²) in [6.07, 6.45) is 0. The van der Waals surface area contributed by atoms with E-state index in [2.05, 4.69) is 38.1 Å². The second-order valence-corrected chi connectivity index (χ2v) is 14.8. The molecule has 0 unspecified atom stereocenters. The molecule has 0 aliphatic heterocycles. The molecule has 0 spiro atoms. The van der Waals surface area contributed by atoms with Crippen molar-refractivity contribution < 1.29 is 10.2 Å². The average molecular weight is 317 g/mol. The number of phenols is 2. The van der Waals surface area contributed by atoms with Gasteiger partial charge in [0.25, 0.3) is 0 Å². The molecular weight excluding hydrogens is 297 g/mol. The van der Waals surface area contributed by atoms with Crippen LogP contribution in [-0.4, -0.2) is 23.5 Å². The Morgan fingerprint density at radius 2 is 1.00 bits per heavy atom. The van der Waals surface area contributed by atoms with Crippen LogP contribution in [0.2, 0.25) is 10.5 Å². The minimum absolute atomic E-state index is 0.318. The summed E-state index contributed by atoms with van der Waals surface area (Å²) in [5.74, 6) is 0.635. The van der Waals surface area contributed by atoms with Crippen molar-refractivity contribution in [1.82, 2.24) is 0 Å². The van der Waals surface area contributed by atoms with Crippen LogP contribution in [0.15, 0.2) is 48.5 Å². The van der Waals surface area contributed by atoms with Gasteiger partial charge in [-0.1, -0.05) is 0 Å². The van der Waals surface area contributed by atoms with Gasteiger partial charge in [0.05, 0.1) is 0 Å². The fraction of sp³-hybridized carbons (Fsp3) is 0.250. The minimum atomic E-state index is -2.36. The summed E-state index contributed by atoms with van der Waals surface area (Å²) in [5.41, 5.74) is 0. The van der Waals surface area contributed by atoms with E-state index in [1.54, 1.807) is 24.3 Å². The van der Waals surface area contributed by atoms with Crippen LogP contribution in [0.3, 0.4) is 0 Å². The predicted molar refractivity (Wildman–Crippen MR) is 82.2 cm³/mol. The molecule has 2 aromatic carbocycles. The van der Waals surface area contributed by atoms with Gasteiger partial charge in [0.1, 0.15) is 0 Å². The van der Waals surface area contributed by atoms with E-state index in [0.29, 0.717) is 11.5 Å². The number of rotatable bonds is 4. The summed E-state index contributed by atoms with van der Waals surface area (Å²) in [7, 11) is 0. The van der Waals surface area contributed by atoms with Gasteiger partial charge in [-0.2, -0.15) is 0 Å². The predicted octanol–water partition coefficient (Wildman–Crippen LogP) is 2.70. The van der Waals surface area contributed by atoms with Crippen LogP contribution in [0.25, 0.3) is 0 Å². The van der Waals surface area contributed by atoms with Crippen molar-refractivity contribution in [3.63, 3.8) is 0 Å². The second-order valence-electron chi connectivity index (χ2n) is 4.88. The van der Waals surface area contributed by atoms with Gasteiger partial charge >= 0.3 is 117 Å². The molecular formula is C16H20GeO2. The second kappa shape index (κ2) is 5.70. The van der Waals surface area contributed by atoms with Crippen molar-refractivity contribution in [2.75, 3.05) is 0 Å². The van der Waals surface area contributed by atoms with Crippen molar-refractivity contribution in [1.29, 1.82) is 0 Å². The van der Waals surface area contributed by atoms with Crippen molar-refractivity contribution >= 4 is 22.1 Å². The molecule has 0 aliphatic rings. The number of aromatic hydroxyl groups is 2. The Balaban J connectivity index is 2.53. The number of phenolic OH excluding ortho intramolecular Hbond substituents is 2. The van der Waals surface area contributed by atoms with E-state index in [-0.39, 0.29) is 0 Å². The normalized spacial score (nSPS) is 11.5. The van der Waals surface area contributed by atoms with Gasteiger partial charge in [-0.15, -0.1) is 0 Å². The molecule has 0 amide bonds. The Labute approximate surface area is 117 Å².